The minimum atomic E-state index is -3.08. The number of pyridine rings is 2. The molecule has 0 atom stereocenters. The zero-order valence-electron chi connectivity index (χ0n) is 9.77. The number of hydrogen-bond acceptors (Lipinski definition) is 2. The van der Waals surface area contributed by atoms with Crippen LogP contribution in [0.3, 0.4) is 0 Å². The van der Waals surface area contributed by atoms with E-state index < -0.39 is 5.92 Å². The van der Waals surface area contributed by atoms with Crippen molar-refractivity contribution >= 4 is 10.8 Å². The van der Waals surface area contributed by atoms with Crippen LogP contribution in [0.2, 0.25) is 0 Å². The molecule has 2 nitrogen and oxygen atoms in total. The van der Waals surface area contributed by atoms with Gasteiger partial charge in [0.2, 0.25) is 0 Å². The second kappa shape index (κ2) is 3.35. The summed E-state index contributed by atoms with van der Waals surface area (Å²) in [6.45, 7) is 0. The van der Waals surface area contributed by atoms with Crippen LogP contribution >= 0.6 is 0 Å². The Morgan fingerprint density at radius 3 is 2.68 bits per heavy atom. The molecule has 0 radical (unpaired) electrons. The number of hydrogen-bond donors (Lipinski definition) is 0. The summed E-state index contributed by atoms with van der Waals surface area (Å²) < 4.78 is 29.1. The summed E-state index contributed by atoms with van der Waals surface area (Å²) in [5.41, 5.74) is 0.770. The fraction of sp³-hybridized carbons (Fsp3) is 0.0667. The first-order chi connectivity index (χ1) is 9.19. The molecule has 1 aliphatic carbocycles. The van der Waals surface area contributed by atoms with E-state index in [1.54, 1.807) is 30.5 Å². The third kappa shape index (κ3) is 1.23. The number of rotatable bonds is 0. The Labute approximate surface area is 107 Å². The average Bonchev–Trinajstić information content (AvgIpc) is 2.45. The Balaban J connectivity index is 2.28. The molecule has 1 aromatic carbocycles. The molecule has 0 amide bonds. The van der Waals surface area contributed by atoms with Crippen molar-refractivity contribution in [2.45, 2.75) is 5.92 Å². The van der Waals surface area contributed by atoms with E-state index >= 15 is 0 Å². The van der Waals surface area contributed by atoms with Gasteiger partial charge >= 0.3 is 5.92 Å². The smallest absolute Gasteiger partial charge is 0.255 e. The number of fused-ring (bicyclic) bond motifs is 2. The van der Waals surface area contributed by atoms with Crippen molar-refractivity contribution < 1.29 is 8.78 Å². The lowest BCUT2D eigenvalue weighted by atomic mass is 9.87. The Hall–Kier alpha value is -2.36. The summed E-state index contributed by atoms with van der Waals surface area (Å²) in [4.78, 5) is 8.14. The quantitative estimate of drug-likeness (QED) is 0.610. The highest BCUT2D eigenvalue weighted by Gasteiger charge is 2.43. The standard InChI is InChI=1S/C15H8F2N2/c16-15(17)11-5-1-3-9-6-8-18-13(12(9)11)10-4-2-7-19-14(10)15/h1-8H. The predicted molar refractivity (Wildman–Crippen MR) is 68.0 cm³/mol. The molecule has 0 spiro atoms. The summed E-state index contributed by atoms with van der Waals surface area (Å²) in [7, 11) is 0. The largest absolute Gasteiger partial charge is 0.316 e. The van der Waals surface area contributed by atoms with Gasteiger partial charge in [0.25, 0.3) is 0 Å². The van der Waals surface area contributed by atoms with E-state index in [2.05, 4.69) is 9.97 Å². The molecule has 1 aliphatic rings. The third-order valence-corrected chi connectivity index (χ3v) is 3.49. The Bertz CT molecular complexity index is 807. The van der Waals surface area contributed by atoms with Gasteiger partial charge in [0.1, 0.15) is 5.69 Å². The van der Waals surface area contributed by atoms with Gasteiger partial charge in [-0.1, -0.05) is 18.2 Å². The zero-order valence-corrected chi connectivity index (χ0v) is 9.77. The second-order valence-corrected chi connectivity index (χ2v) is 4.54. The molecule has 0 saturated heterocycles. The van der Waals surface area contributed by atoms with Gasteiger partial charge in [-0.3, -0.25) is 9.97 Å². The van der Waals surface area contributed by atoms with Crippen molar-refractivity contribution in [1.82, 2.24) is 9.97 Å². The first-order valence-corrected chi connectivity index (χ1v) is 5.91. The fourth-order valence-electron chi connectivity index (χ4n) is 2.67. The maximum absolute atomic E-state index is 14.6. The Morgan fingerprint density at radius 2 is 1.79 bits per heavy atom. The molecule has 4 heteroatoms. The van der Waals surface area contributed by atoms with Gasteiger partial charge in [-0.15, -0.1) is 0 Å². The summed E-state index contributed by atoms with van der Waals surface area (Å²) in [6, 6.07) is 9.97. The zero-order chi connectivity index (χ0) is 13.0. The van der Waals surface area contributed by atoms with E-state index in [0.29, 0.717) is 16.6 Å². The number of nitrogens with zero attached hydrogens (tertiary/aromatic N) is 2. The van der Waals surface area contributed by atoms with E-state index in [1.807, 2.05) is 6.07 Å². The Kier molecular flexibility index (Phi) is 1.86. The maximum Gasteiger partial charge on any atom is 0.316 e. The molecule has 0 saturated carbocycles. The highest BCUT2D eigenvalue weighted by Crippen LogP contribution is 2.48. The third-order valence-electron chi connectivity index (χ3n) is 3.49. The SMILES string of the molecule is FC1(F)c2ncccc2-c2nccc3cccc1c23. The van der Waals surface area contributed by atoms with Crippen molar-refractivity contribution in [1.29, 1.82) is 0 Å². The van der Waals surface area contributed by atoms with Gasteiger partial charge in [-0.25, -0.2) is 0 Å². The molecule has 0 unspecified atom stereocenters. The lowest BCUT2D eigenvalue weighted by Gasteiger charge is -2.26. The molecule has 4 rings (SSSR count). The van der Waals surface area contributed by atoms with E-state index in [0.717, 1.165) is 5.39 Å². The molecule has 0 N–H and O–H groups in total. The van der Waals surface area contributed by atoms with Gasteiger partial charge in [-0.05, 0) is 23.6 Å². The minimum absolute atomic E-state index is 0.0145. The summed E-state index contributed by atoms with van der Waals surface area (Å²) in [6.07, 6.45) is 3.03. The van der Waals surface area contributed by atoms with E-state index in [9.17, 15) is 8.78 Å². The van der Waals surface area contributed by atoms with Crippen LogP contribution in [0, 0.1) is 0 Å². The summed E-state index contributed by atoms with van der Waals surface area (Å²) in [5, 5.41) is 1.30. The van der Waals surface area contributed by atoms with Crippen molar-refractivity contribution in [3.8, 4) is 11.3 Å². The molecular formula is C15H8F2N2. The van der Waals surface area contributed by atoms with Crippen molar-refractivity contribution in [2.75, 3.05) is 0 Å². The Morgan fingerprint density at radius 1 is 0.895 bits per heavy atom. The van der Waals surface area contributed by atoms with Crippen LogP contribution in [0.15, 0.2) is 48.8 Å². The molecule has 3 aromatic rings. The van der Waals surface area contributed by atoms with Crippen LogP contribution in [0.4, 0.5) is 8.78 Å². The van der Waals surface area contributed by atoms with Crippen molar-refractivity contribution in [3.05, 3.63) is 60.0 Å². The van der Waals surface area contributed by atoms with E-state index in [-0.39, 0.29) is 11.3 Å². The lowest BCUT2D eigenvalue weighted by Crippen LogP contribution is -2.22. The topological polar surface area (TPSA) is 25.8 Å². The van der Waals surface area contributed by atoms with Crippen molar-refractivity contribution in [3.63, 3.8) is 0 Å². The summed E-state index contributed by atoms with van der Waals surface area (Å²) in [5.74, 6) is -3.08. The van der Waals surface area contributed by atoms with Gasteiger partial charge in [-0.2, -0.15) is 8.78 Å². The average molecular weight is 254 g/mol. The van der Waals surface area contributed by atoms with Crippen molar-refractivity contribution in [2.24, 2.45) is 0 Å². The van der Waals surface area contributed by atoms with Crippen LogP contribution in [0.25, 0.3) is 22.0 Å². The van der Waals surface area contributed by atoms with Crippen LogP contribution in [-0.2, 0) is 5.92 Å². The first kappa shape index (κ1) is 10.6. The highest BCUT2D eigenvalue weighted by atomic mass is 19.3. The van der Waals surface area contributed by atoms with Crippen LogP contribution in [0.1, 0.15) is 11.3 Å². The fourth-order valence-corrected chi connectivity index (χ4v) is 2.67. The molecule has 0 aliphatic heterocycles. The van der Waals surface area contributed by atoms with Gasteiger partial charge in [0.15, 0.2) is 0 Å². The van der Waals surface area contributed by atoms with Crippen LogP contribution in [0.5, 0.6) is 0 Å². The van der Waals surface area contributed by atoms with Gasteiger partial charge < -0.3 is 0 Å². The lowest BCUT2D eigenvalue weighted by molar-refractivity contribution is 0.0394. The minimum Gasteiger partial charge on any atom is -0.255 e. The van der Waals surface area contributed by atoms with Crippen LogP contribution in [-0.4, -0.2) is 9.97 Å². The summed E-state index contributed by atoms with van der Waals surface area (Å²) >= 11 is 0. The molecule has 0 bridgehead atoms. The molecular weight excluding hydrogens is 246 g/mol. The van der Waals surface area contributed by atoms with E-state index in [4.69, 9.17) is 0 Å². The molecule has 19 heavy (non-hydrogen) atoms. The van der Waals surface area contributed by atoms with Crippen LogP contribution < -0.4 is 0 Å². The normalized spacial score (nSPS) is 15.3. The molecule has 2 heterocycles. The van der Waals surface area contributed by atoms with Gasteiger partial charge in [0.05, 0.1) is 5.69 Å². The van der Waals surface area contributed by atoms with E-state index in [1.165, 1.54) is 12.3 Å². The molecule has 92 valence electrons. The monoisotopic (exact) mass is 254 g/mol. The number of benzene rings is 1. The second-order valence-electron chi connectivity index (χ2n) is 4.54. The predicted octanol–water partition coefficient (Wildman–Crippen LogP) is 3.75. The molecule has 0 fully saturated rings. The maximum atomic E-state index is 14.6. The number of aromatic nitrogens is 2. The number of halogens is 2. The van der Waals surface area contributed by atoms with Gasteiger partial charge in [0, 0.05) is 28.9 Å². The first-order valence-electron chi connectivity index (χ1n) is 5.91. The highest BCUT2D eigenvalue weighted by molar-refractivity contribution is 6.00. The number of alkyl halides is 2. The molecule has 2 aromatic heterocycles.